The summed E-state index contributed by atoms with van der Waals surface area (Å²) in [4.78, 5) is 42.8. The van der Waals surface area contributed by atoms with Gasteiger partial charge in [-0.05, 0) is 62.8 Å². The topological polar surface area (TPSA) is 119 Å². The second-order valence-electron chi connectivity index (χ2n) is 11.3. The number of nitrogens with one attached hydrogen (secondary N) is 1. The maximum Gasteiger partial charge on any atom is 0.408 e. The molecule has 5 rings (SSSR count). The fourth-order valence-electron chi connectivity index (χ4n) is 5.39. The van der Waals surface area contributed by atoms with Crippen molar-refractivity contribution in [2.75, 3.05) is 14.2 Å². The highest BCUT2D eigenvalue weighted by Gasteiger charge is 2.45. The lowest BCUT2D eigenvalue weighted by atomic mass is 9.71. The van der Waals surface area contributed by atoms with E-state index in [1.807, 2.05) is 75.4 Å². The average Bonchev–Trinajstić information content (AvgIpc) is 3.32. The Hall–Kier alpha value is -4.47. The lowest BCUT2D eigenvalue weighted by molar-refractivity contribution is -0.135. The summed E-state index contributed by atoms with van der Waals surface area (Å²) in [6.07, 6.45) is 3.54. The molecule has 0 radical (unpaired) electrons. The Balaban J connectivity index is 1.52. The van der Waals surface area contributed by atoms with Crippen molar-refractivity contribution in [1.82, 2.24) is 10.3 Å². The molecule has 10 nitrogen and oxygen atoms in total. The largest absolute Gasteiger partial charge is 0.465 e. The second-order valence-corrected chi connectivity index (χ2v) is 11.3. The molecule has 0 saturated heterocycles. The van der Waals surface area contributed by atoms with Crippen LogP contribution in [-0.4, -0.2) is 54.4 Å². The van der Waals surface area contributed by atoms with E-state index < -0.39 is 41.3 Å². The summed E-state index contributed by atoms with van der Waals surface area (Å²) < 4.78 is 15.4. The van der Waals surface area contributed by atoms with Gasteiger partial charge in [-0.3, -0.25) is 4.99 Å². The molecule has 10 heteroatoms. The third-order valence-corrected chi connectivity index (χ3v) is 7.47. The highest BCUT2D eigenvalue weighted by Crippen LogP contribution is 2.46. The van der Waals surface area contributed by atoms with E-state index in [1.165, 1.54) is 20.3 Å². The summed E-state index contributed by atoms with van der Waals surface area (Å²) >= 11 is 0. The van der Waals surface area contributed by atoms with Gasteiger partial charge in [-0.15, -0.1) is 0 Å². The number of hydrazone groups is 1. The zero-order valence-corrected chi connectivity index (χ0v) is 23.8. The van der Waals surface area contributed by atoms with Gasteiger partial charge in [0, 0.05) is 0 Å². The molecule has 214 valence electrons. The first-order chi connectivity index (χ1) is 19.5. The van der Waals surface area contributed by atoms with Crippen LogP contribution in [0.1, 0.15) is 68.8 Å². The molecule has 2 unspecified atom stereocenters. The number of carbonyl (C=O) groups excluding carboxylic acids is 3. The van der Waals surface area contributed by atoms with Crippen LogP contribution in [-0.2, 0) is 29.3 Å². The molecule has 3 aliphatic rings. The van der Waals surface area contributed by atoms with Crippen LogP contribution in [0.4, 0.5) is 4.79 Å². The molecule has 2 aromatic carbocycles. The number of benzene rings is 2. The van der Waals surface area contributed by atoms with Crippen molar-refractivity contribution in [1.29, 1.82) is 0 Å². The van der Waals surface area contributed by atoms with Gasteiger partial charge in [0.2, 0.25) is 0 Å². The molecular weight excluding hydrogens is 524 g/mol. The molecule has 1 fully saturated rings. The van der Waals surface area contributed by atoms with Crippen LogP contribution in [0.15, 0.2) is 76.3 Å². The maximum absolute atomic E-state index is 12.8. The molecule has 1 saturated carbocycles. The summed E-state index contributed by atoms with van der Waals surface area (Å²) in [7, 11) is 2.54. The minimum absolute atomic E-state index is 0.0241. The van der Waals surface area contributed by atoms with Crippen molar-refractivity contribution in [3.8, 4) is 0 Å². The predicted molar refractivity (Wildman–Crippen MR) is 152 cm³/mol. The van der Waals surface area contributed by atoms with Gasteiger partial charge in [-0.25, -0.2) is 19.4 Å². The number of carbonyl (C=O) groups is 3. The van der Waals surface area contributed by atoms with E-state index in [1.54, 1.807) is 5.01 Å². The Morgan fingerprint density at radius 2 is 1.59 bits per heavy atom. The van der Waals surface area contributed by atoms with Crippen molar-refractivity contribution in [2.45, 2.75) is 63.3 Å². The molecule has 1 aliphatic carbocycles. The van der Waals surface area contributed by atoms with Crippen molar-refractivity contribution in [3.05, 3.63) is 82.9 Å². The summed E-state index contributed by atoms with van der Waals surface area (Å²) in [5.41, 5.74) is 1.80. The van der Waals surface area contributed by atoms with Gasteiger partial charge in [0.15, 0.2) is 11.5 Å². The molecule has 0 spiro atoms. The van der Waals surface area contributed by atoms with E-state index >= 15 is 0 Å². The van der Waals surface area contributed by atoms with Gasteiger partial charge in [0.05, 0.1) is 19.8 Å². The number of aliphatic imine (C=N–C) groups is 1. The smallest absolute Gasteiger partial charge is 0.408 e. The molecule has 2 aromatic rings. The summed E-state index contributed by atoms with van der Waals surface area (Å²) in [5, 5.41) is 9.25. The minimum Gasteiger partial charge on any atom is -0.465 e. The fraction of sp³-hybridized carbons (Fsp3) is 0.387. The number of amidine groups is 1. The molecule has 0 bridgehead atoms. The number of nitrogens with zero attached hydrogens (tertiary/aromatic N) is 3. The van der Waals surface area contributed by atoms with Crippen molar-refractivity contribution >= 4 is 29.6 Å². The number of amides is 1. The van der Waals surface area contributed by atoms with Crippen molar-refractivity contribution in [3.63, 3.8) is 0 Å². The minimum atomic E-state index is -0.673. The first kappa shape index (κ1) is 28.1. The third-order valence-electron chi connectivity index (χ3n) is 7.47. The van der Waals surface area contributed by atoms with Gasteiger partial charge >= 0.3 is 18.0 Å². The molecule has 2 atom stereocenters. The Kier molecular flexibility index (Phi) is 7.42. The van der Waals surface area contributed by atoms with E-state index in [0.29, 0.717) is 5.84 Å². The maximum atomic E-state index is 12.8. The summed E-state index contributed by atoms with van der Waals surface area (Å²) in [6.45, 7) is 5.52. The first-order valence-corrected chi connectivity index (χ1v) is 13.6. The van der Waals surface area contributed by atoms with Crippen LogP contribution in [0, 0.1) is 0 Å². The number of esters is 2. The lowest BCUT2D eigenvalue weighted by Gasteiger charge is -2.43. The Morgan fingerprint density at radius 3 is 2.15 bits per heavy atom. The number of methoxy groups -OCH3 is 2. The van der Waals surface area contributed by atoms with Gasteiger partial charge < -0.3 is 19.5 Å². The molecule has 0 aromatic heterocycles. The van der Waals surface area contributed by atoms with Crippen LogP contribution < -0.4 is 5.32 Å². The number of hydrogen-bond acceptors (Lipinski definition) is 9. The summed E-state index contributed by atoms with van der Waals surface area (Å²) in [5.74, 6) is -0.990. The van der Waals surface area contributed by atoms with E-state index in [0.717, 1.165) is 36.0 Å². The Bertz CT molecular complexity index is 1440. The van der Waals surface area contributed by atoms with Crippen LogP contribution in [0.3, 0.4) is 0 Å². The van der Waals surface area contributed by atoms with Crippen LogP contribution in [0.5, 0.6) is 0 Å². The Morgan fingerprint density at radius 1 is 0.927 bits per heavy atom. The van der Waals surface area contributed by atoms with Crippen LogP contribution in [0.2, 0.25) is 0 Å². The zero-order chi connectivity index (χ0) is 29.4. The highest BCUT2D eigenvalue weighted by molar-refractivity contribution is 6.44. The number of rotatable bonds is 6. The quantitative estimate of drug-likeness (QED) is 0.402. The molecule has 41 heavy (non-hydrogen) atoms. The highest BCUT2D eigenvalue weighted by atomic mass is 16.6. The van der Waals surface area contributed by atoms with E-state index in [-0.39, 0.29) is 11.3 Å². The third kappa shape index (κ3) is 5.46. The normalized spacial score (nSPS) is 20.9. The number of fused-ring (bicyclic) bond motifs is 1. The number of alkyl carbamates (subject to hydrolysis) is 1. The van der Waals surface area contributed by atoms with Gasteiger partial charge in [0.1, 0.15) is 23.3 Å². The van der Waals surface area contributed by atoms with Gasteiger partial charge in [-0.2, -0.15) is 5.10 Å². The first-order valence-electron chi connectivity index (χ1n) is 13.6. The standard InChI is InChI=1S/C31H34N4O6/c1-30(2,3)41-29(38)33-31(16-9-17-31)21-14-12-19(13-15-21)24-25(20-10-7-6-8-11-20)35-26(32-24)22(27(36)39-4)18-23(34-35)28(37)40-5/h6-8,10-15,18,24-25H,9,16-17H2,1-5H3,(H,33,38). The SMILES string of the molecule is COC(=O)C1=CC(C(=O)OC)=NN2C1=NC(c1ccc(C3(NC(=O)OC(C)(C)C)CCC3)cc1)C2c1ccccc1. The molecule has 2 heterocycles. The molecule has 2 aliphatic heterocycles. The number of ether oxygens (including phenoxy) is 3. The molecule has 1 amide bonds. The zero-order valence-electron chi connectivity index (χ0n) is 23.8. The molecule has 1 N–H and O–H groups in total. The van der Waals surface area contributed by atoms with E-state index in [2.05, 4.69) is 10.4 Å². The Labute approximate surface area is 239 Å². The predicted octanol–water partition coefficient (Wildman–Crippen LogP) is 4.73. The fourth-order valence-corrected chi connectivity index (χ4v) is 5.39. The van der Waals surface area contributed by atoms with Crippen LogP contribution >= 0.6 is 0 Å². The second kappa shape index (κ2) is 10.8. The van der Waals surface area contributed by atoms with E-state index in [9.17, 15) is 14.4 Å². The van der Waals surface area contributed by atoms with Crippen molar-refractivity contribution < 1.29 is 28.6 Å². The average molecular weight is 559 g/mol. The van der Waals surface area contributed by atoms with Gasteiger partial charge in [-0.1, -0.05) is 54.6 Å². The number of hydrogen-bond donors (Lipinski definition) is 1. The lowest BCUT2D eigenvalue weighted by Crippen LogP contribution is -2.52. The monoisotopic (exact) mass is 558 g/mol. The molecular formula is C31H34N4O6. The van der Waals surface area contributed by atoms with Crippen molar-refractivity contribution in [2.24, 2.45) is 10.1 Å². The van der Waals surface area contributed by atoms with Crippen LogP contribution in [0.25, 0.3) is 0 Å². The summed E-state index contributed by atoms with van der Waals surface area (Å²) in [6, 6.07) is 16.8. The van der Waals surface area contributed by atoms with Gasteiger partial charge in [0.25, 0.3) is 0 Å². The van der Waals surface area contributed by atoms with E-state index in [4.69, 9.17) is 19.2 Å².